The Balaban J connectivity index is 1.75. The van der Waals surface area contributed by atoms with E-state index in [0.29, 0.717) is 24.5 Å². The van der Waals surface area contributed by atoms with Gasteiger partial charge in [-0.1, -0.05) is 6.07 Å². The van der Waals surface area contributed by atoms with Crippen LogP contribution in [0.5, 0.6) is 0 Å². The topological polar surface area (TPSA) is 103 Å². The van der Waals surface area contributed by atoms with E-state index in [2.05, 4.69) is 10.1 Å². The lowest BCUT2D eigenvalue weighted by Gasteiger charge is -2.16. The molecule has 2 heterocycles. The number of halogens is 3. The molecular formula is C24H20F3N5O3. The summed E-state index contributed by atoms with van der Waals surface area (Å²) in [5.41, 5.74) is 6.09. The highest BCUT2D eigenvalue weighted by Crippen LogP contribution is 2.31. The predicted octanol–water partition coefficient (Wildman–Crippen LogP) is 4.11. The second-order valence-electron chi connectivity index (χ2n) is 7.61. The maximum Gasteiger partial charge on any atom is 0.416 e. The number of aryl methyl sites for hydroxylation is 1. The maximum absolute atomic E-state index is 13.1. The van der Waals surface area contributed by atoms with E-state index in [-0.39, 0.29) is 17.1 Å². The van der Waals surface area contributed by atoms with Gasteiger partial charge in [-0.3, -0.25) is 9.69 Å². The van der Waals surface area contributed by atoms with Crippen LogP contribution < -0.4 is 16.1 Å². The lowest BCUT2D eigenvalue weighted by atomic mass is 10.1. The average Bonchev–Trinajstić information content (AvgIpc) is 3.25. The number of cyclic esters (lactones) is 1. The van der Waals surface area contributed by atoms with Gasteiger partial charge < -0.3 is 10.5 Å². The van der Waals surface area contributed by atoms with Crippen LogP contribution in [0.15, 0.2) is 76.8 Å². The van der Waals surface area contributed by atoms with Gasteiger partial charge in [0.05, 0.1) is 29.2 Å². The number of carbonyl (C=O) groups excluding carboxylic acids is 1. The van der Waals surface area contributed by atoms with Gasteiger partial charge in [0, 0.05) is 18.0 Å². The zero-order valence-electron chi connectivity index (χ0n) is 18.5. The summed E-state index contributed by atoms with van der Waals surface area (Å²) in [6.45, 7) is 2.57. The van der Waals surface area contributed by atoms with Gasteiger partial charge in [-0.25, -0.2) is 14.5 Å². The van der Waals surface area contributed by atoms with E-state index in [1.165, 1.54) is 40.1 Å². The Labute approximate surface area is 197 Å². The first kappa shape index (κ1) is 23.7. The Morgan fingerprint density at radius 1 is 1.17 bits per heavy atom. The van der Waals surface area contributed by atoms with Gasteiger partial charge in [0.15, 0.2) is 5.69 Å². The SMILES string of the molecule is Cc1cc(N2CCOC2=O)ccc1-n1ccc(=O)c(C(C=CN)=Nc2cccc(C(F)(F)F)c2)n1. The number of hydrogen-bond donors (Lipinski definition) is 1. The van der Waals surface area contributed by atoms with E-state index in [0.717, 1.165) is 23.9 Å². The van der Waals surface area contributed by atoms with Crippen LogP contribution in [0.2, 0.25) is 0 Å². The van der Waals surface area contributed by atoms with Crippen molar-refractivity contribution in [2.45, 2.75) is 13.1 Å². The van der Waals surface area contributed by atoms with Crippen molar-refractivity contribution < 1.29 is 22.7 Å². The van der Waals surface area contributed by atoms with Crippen LogP contribution >= 0.6 is 0 Å². The van der Waals surface area contributed by atoms with Crippen molar-refractivity contribution in [1.29, 1.82) is 0 Å². The van der Waals surface area contributed by atoms with Gasteiger partial charge in [0.25, 0.3) is 0 Å². The first-order chi connectivity index (χ1) is 16.7. The molecule has 1 aromatic heterocycles. The minimum Gasteiger partial charge on any atom is -0.447 e. The summed E-state index contributed by atoms with van der Waals surface area (Å²) in [6.07, 6.45) is -1.08. The molecule has 0 unspecified atom stereocenters. The first-order valence-corrected chi connectivity index (χ1v) is 10.5. The Hall–Kier alpha value is -4.41. The van der Waals surface area contributed by atoms with Gasteiger partial charge in [-0.15, -0.1) is 0 Å². The minimum absolute atomic E-state index is 0.000241. The molecule has 1 aliphatic heterocycles. The van der Waals surface area contributed by atoms with E-state index in [1.54, 1.807) is 18.2 Å². The fraction of sp³-hybridized carbons (Fsp3) is 0.167. The van der Waals surface area contributed by atoms with Gasteiger partial charge >= 0.3 is 12.3 Å². The Morgan fingerprint density at radius 3 is 2.63 bits per heavy atom. The third kappa shape index (κ3) is 5.08. The molecule has 0 spiro atoms. The zero-order chi connectivity index (χ0) is 25.2. The number of allylic oxidation sites excluding steroid dienone is 1. The number of carbonyl (C=O) groups is 1. The molecule has 1 fully saturated rings. The number of ether oxygens (including phenoxy) is 1. The molecule has 11 heteroatoms. The molecule has 35 heavy (non-hydrogen) atoms. The Bertz CT molecular complexity index is 1400. The van der Waals surface area contributed by atoms with Crippen LogP contribution in [0, 0.1) is 6.92 Å². The maximum atomic E-state index is 13.1. The van der Waals surface area contributed by atoms with E-state index in [1.807, 2.05) is 6.92 Å². The normalized spacial score (nSPS) is 14.6. The lowest BCUT2D eigenvalue weighted by molar-refractivity contribution is -0.137. The molecular weight excluding hydrogens is 463 g/mol. The molecule has 1 aliphatic rings. The van der Waals surface area contributed by atoms with E-state index < -0.39 is 23.3 Å². The van der Waals surface area contributed by atoms with E-state index >= 15 is 0 Å². The number of rotatable bonds is 5. The number of anilines is 1. The summed E-state index contributed by atoms with van der Waals surface area (Å²) >= 11 is 0. The molecule has 0 aliphatic carbocycles. The Kier molecular flexibility index (Phi) is 6.41. The largest absolute Gasteiger partial charge is 0.447 e. The molecule has 2 aromatic carbocycles. The molecule has 4 rings (SSSR count). The van der Waals surface area contributed by atoms with Gasteiger partial charge in [-0.05, 0) is 61.2 Å². The van der Waals surface area contributed by atoms with E-state index in [9.17, 15) is 22.8 Å². The van der Waals surface area contributed by atoms with Gasteiger partial charge in [-0.2, -0.15) is 18.3 Å². The first-order valence-electron chi connectivity index (χ1n) is 10.5. The summed E-state index contributed by atoms with van der Waals surface area (Å²) in [6, 6.07) is 10.9. The summed E-state index contributed by atoms with van der Waals surface area (Å²) in [7, 11) is 0. The number of aromatic nitrogens is 2. The number of hydrogen-bond acceptors (Lipinski definition) is 6. The van der Waals surface area contributed by atoms with Crippen molar-refractivity contribution in [2.75, 3.05) is 18.1 Å². The van der Waals surface area contributed by atoms with Gasteiger partial charge in [0.1, 0.15) is 6.61 Å². The monoisotopic (exact) mass is 483 g/mol. The highest BCUT2D eigenvalue weighted by atomic mass is 19.4. The summed E-state index contributed by atoms with van der Waals surface area (Å²) in [5, 5.41) is 4.37. The fourth-order valence-electron chi connectivity index (χ4n) is 3.56. The molecule has 0 saturated carbocycles. The summed E-state index contributed by atoms with van der Waals surface area (Å²) in [5.74, 6) is 0. The van der Waals surface area contributed by atoms with Crippen molar-refractivity contribution in [3.05, 3.63) is 94.0 Å². The lowest BCUT2D eigenvalue weighted by Crippen LogP contribution is -2.23. The van der Waals surface area contributed by atoms with Crippen molar-refractivity contribution >= 4 is 23.2 Å². The molecule has 0 radical (unpaired) electrons. The molecule has 8 nitrogen and oxygen atoms in total. The summed E-state index contributed by atoms with van der Waals surface area (Å²) in [4.78, 5) is 30.2. The predicted molar refractivity (Wildman–Crippen MR) is 124 cm³/mol. The second kappa shape index (κ2) is 9.45. The number of alkyl halides is 3. The number of aliphatic imine (C=N–C) groups is 1. The minimum atomic E-state index is -4.54. The van der Waals surface area contributed by atoms with Gasteiger partial charge in [0.2, 0.25) is 5.43 Å². The number of nitrogens with zero attached hydrogens (tertiary/aromatic N) is 4. The zero-order valence-corrected chi connectivity index (χ0v) is 18.5. The molecule has 0 bridgehead atoms. The van der Waals surface area contributed by atoms with Crippen LogP contribution in [0.25, 0.3) is 5.69 Å². The summed E-state index contributed by atoms with van der Waals surface area (Å²) < 4.78 is 45.7. The third-order valence-electron chi connectivity index (χ3n) is 5.23. The van der Waals surface area contributed by atoms with Crippen LogP contribution in [0.1, 0.15) is 16.8 Å². The van der Waals surface area contributed by atoms with Crippen LogP contribution in [-0.2, 0) is 10.9 Å². The third-order valence-corrected chi connectivity index (χ3v) is 5.23. The van der Waals surface area contributed by atoms with Crippen LogP contribution in [-0.4, -0.2) is 34.7 Å². The highest BCUT2D eigenvalue weighted by Gasteiger charge is 2.30. The fourth-order valence-corrected chi connectivity index (χ4v) is 3.56. The van der Waals surface area contributed by atoms with Crippen LogP contribution in [0.4, 0.5) is 29.3 Å². The number of amides is 1. The van der Waals surface area contributed by atoms with Crippen LogP contribution in [0.3, 0.4) is 0 Å². The quantitative estimate of drug-likeness (QED) is 0.551. The highest BCUT2D eigenvalue weighted by molar-refractivity contribution is 6.08. The van der Waals surface area contributed by atoms with Crippen molar-refractivity contribution in [3.63, 3.8) is 0 Å². The molecule has 1 saturated heterocycles. The molecule has 3 aromatic rings. The van der Waals surface area contributed by atoms with E-state index in [4.69, 9.17) is 10.5 Å². The number of nitrogens with two attached hydrogens (primary N) is 1. The molecule has 2 N–H and O–H groups in total. The smallest absolute Gasteiger partial charge is 0.416 e. The average molecular weight is 483 g/mol. The second-order valence-corrected chi connectivity index (χ2v) is 7.61. The Morgan fingerprint density at radius 2 is 1.97 bits per heavy atom. The number of benzene rings is 2. The standard InChI is InChI=1S/C24H20F3N5O3/c1-15-13-18(31-11-12-35-23(31)34)5-6-20(15)32-10-8-21(33)22(30-32)19(7-9-28)29-17-4-2-3-16(14-17)24(25,26)27/h2-10,13-14H,11-12,28H2,1H3. The molecule has 0 atom stereocenters. The molecule has 180 valence electrons. The molecule has 1 amide bonds. The van der Waals surface area contributed by atoms with Crippen molar-refractivity contribution in [1.82, 2.24) is 9.78 Å². The van der Waals surface area contributed by atoms with Crippen molar-refractivity contribution in [3.8, 4) is 5.69 Å². The van der Waals surface area contributed by atoms with Crippen molar-refractivity contribution in [2.24, 2.45) is 10.7 Å².